The van der Waals surface area contributed by atoms with E-state index in [1.54, 1.807) is 0 Å². The van der Waals surface area contributed by atoms with Crippen molar-refractivity contribution in [2.24, 2.45) is 0 Å². The molecule has 0 radical (unpaired) electrons. The van der Waals surface area contributed by atoms with Gasteiger partial charge in [-0.15, -0.1) is 0 Å². The molecule has 0 spiro atoms. The van der Waals surface area contributed by atoms with Gasteiger partial charge in [-0.25, -0.2) is 0 Å². The summed E-state index contributed by atoms with van der Waals surface area (Å²) in [5, 5.41) is 0. The third-order valence-corrected chi connectivity index (χ3v) is 2.18. The van der Waals surface area contributed by atoms with Crippen molar-refractivity contribution in [1.82, 2.24) is 4.57 Å². The van der Waals surface area contributed by atoms with Crippen molar-refractivity contribution in [1.29, 1.82) is 0 Å². The van der Waals surface area contributed by atoms with Crippen LogP contribution in [0.2, 0.25) is 0 Å². The molecule has 0 aliphatic rings. The maximum absolute atomic E-state index is 12.1. The van der Waals surface area contributed by atoms with Crippen molar-refractivity contribution < 1.29 is 8.78 Å². The molecule has 0 saturated heterocycles. The number of nitrogens with zero attached hydrogens (tertiary/aromatic N) is 1. The van der Waals surface area contributed by atoms with Crippen LogP contribution in [0, 0.1) is 0 Å². The van der Waals surface area contributed by atoms with Crippen LogP contribution in [0.15, 0.2) is 26.0 Å². The molecule has 66 valence electrons. The minimum atomic E-state index is -2.81. The monoisotopic (exact) mass is 301 g/mol. The topological polar surface area (TPSA) is 22.0 Å². The summed E-state index contributed by atoms with van der Waals surface area (Å²) in [6.07, 6.45) is 1.04. The van der Waals surface area contributed by atoms with E-state index in [2.05, 4.69) is 31.9 Å². The number of alkyl halides is 2. The summed E-state index contributed by atoms with van der Waals surface area (Å²) in [5.74, 6) is 0. The van der Waals surface area contributed by atoms with Crippen LogP contribution in [0.5, 0.6) is 0 Å². The fourth-order valence-corrected chi connectivity index (χ4v) is 1.89. The highest BCUT2D eigenvalue weighted by Crippen LogP contribution is 2.16. The van der Waals surface area contributed by atoms with Gasteiger partial charge in [0.25, 0.3) is 5.56 Å². The summed E-state index contributed by atoms with van der Waals surface area (Å²) < 4.78 is 25.1. The summed E-state index contributed by atoms with van der Waals surface area (Å²) in [6, 6.07) is 1.42. The van der Waals surface area contributed by atoms with Crippen LogP contribution in [0.4, 0.5) is 8.78 Å². The number of pyridine rings is 1. The second kappa shape index (κ2) is 3.66. The Bertz CT molecular complexity index is 350. The minimum absolute atomic E-state index is 0.108. The first-order valence-corrected chi connectivity index (χ1v) is 4.46. The van der Waals surface area contributed by atoms with Crippen LogP contribution >= 0.6 is 31.9 Å². The molecule has 6 heteroatoms. The second-order valence-corrected chi connectivity index (χ2v) is 3.77. The normalized spacial score (nSPS) is 10.8. The second-order valence-electron chi connectivity index (χ2n) is 2.00. The van der Waals surface area contributed by atoms with E-state index in [-0.39, 0.29) is 4.47 Å². The van der Waals surface area contributed by atoms with E-state index in [0.717, 1.165) is 6.20 Å². The van der Waals surface area contributed by atoms with Crippen LogP contribution in [0.1, 0.15) is 6.55 Å². The Morgan fingerprint density at radius 2 is 2.00 bits per heavy atom. The maximum Gasteiger partial charge on any atom is 0.321 e. The van der Waals surface area contributed by atoms with E-state index in [9.17, 15) is 13.6 Å². The first-order valence-electron chi connectivity index (χ1n) is 2.87. The van der Waals surface area contributed by atoms with Crippen LogP contribution in [0.25, 0.3) is 0 Å². The number of halogens is 4. The average Bonchev–Trinajstić information content (AvgIpc) is 1.96. The van der Waals surface area contributed by atoms with E-state index >= 15 is 0 Å². The number of hydrogen-bond donors (Lipinski definition) is 0. The highest BCUT2D eigenvalue weighted by atomic mass is 79.9. The molecular weight excluding hydrogens is 300 g/mol. The van der Waals surface area contributed by atoms with Crippen molar-refractivity contribution in [3.63, 3.8) is 0 Å². The summed E-state index contributed by atoms with van der Waals surface area (Å²) >= 11 is 5.86. The SMILES string of the molecule is O=c1c(Br)cc(Br)cn1C(F)F. The highest BCUT2D eigenvalue weighted by Gasteiger charge is 2.10. The largest absolute Gasteiger partial charge is 0.321 e. The highest BCUT2D eigenvalue weighted by molar-refractivity contribution is 9.11. The molecule has 1 rings (SSSR count). The van der Waals surface area contributed by atoms with Gasteiger partial charge in [-0.3, -0.25) is 9.36 Å². The van der Waals surface area contributed by atoms with E-state index in [1.807, 2.05) is 0 Å². The molecule has 12 heavy (non-hydrogen) atoms. The van der Waals surface area contributed by atoms with Gasteiger partial charge in [-0.2, -0.15) is 8.78 Å². The van der Waals surface area contributed by atoms with Crippen molar-refractivity contribution in [2.45, 2.75) is 6.55 Å². The van der Waals surface area contributed by atoms with E-state index < -0.39 is 12.1 Å². The molecule has 0 bridgehead atoms. The molecule has 0 unspecified atom stereocenters. The van der Waals surface area contributed by atoms with Gasteiger partial charge in [0.15, 0.2) is 0 Å². The zero-order valence-corrected chi connectivity index (χ0v) is 8.77. The fraction of sp³-hybridized carbons (Fsp3) is 0.167. The molecule has 0 saturated carbocycles. The van der Waals surface area contributed by atoms with Crippen molar-refractivity contribution >= 4 is 31.9 Å². The lowest BCUT2D eigenvalue weighted by Crippen LogP contribution is -2.20. The molecule has 0 atom stereocenters. The van der Waals surface area contributed by atoms with Crippen molar-refractivity contribution in [3.05, 3.63) is 31.6 Å². The van der Waals surface area contributed by atoms with Gasteiger partial charge in [-0.1, -0.05) is 0 Å². The predicted octanol–water partition coefficient (Wildman–Crippen LogP) is 2.77. The first kappa shape index (κ1) is 9.85. The first-order chi connectivity index (χ1) is 5.52. The molecule has 0 amide bonds. The number of hydrogen-bond acceptors (Lipinski definition) is 1. The zero-order chi connectivity index (χ0) is 9.30. The smallest absolute Gasteiger partial charge is 0.268 e. The molecule has 1 aromatic heterocycles. The number of aromatic nitrogens is 1. The zero-order valence-electron chi connectivity index (χ0n) is 5.60. The molecule has 0 aliphatic heterocycles. The van der Waals surface area contributed by atoms with Gasteiger partial charge < -0.3 is 0 Å². The standard InChI is InChI=1S/C6H3Br2F2NO/c7-3-1-4(8)5(12)11(2-3)6(9)10/h1-2,6H. The fourth-order valence-electron chi connectivity index (χ4n) is 0.680. The summed E-state index contributed by atoms with van der Waals surface area (Å²) in [7, 11) is 0. The molecule has 0 aliphatic carbocycles. The lowest BCUT2D eigenvalue weighted by Gasteiger charge is -2.04. The van der Waals surface area contributed by atoms with Gasteiger partial charge >= 0.3 is 6.55 Å². The Morgan fingerprint density at radius 3 is 2.50 bits per heavy atom. The van der Waals surface area contributed by atoms with Crippen LogP contribution in [-0.2, 0) is 0 Å². The Kier molecular flexibility index (Phi) is 3.00. The quantitative estimate of drug-likeness (QED) is 0.782. The molecule has 2 nitrogen and oxygen atoms in total. The molecule has 1 aromatic rings. The average molecular weight is 303 g/mol. The van der Waals surface area contributed by atoms with Gasteiger partial charge in [-0.05, 0) is 37.9 Å². The molecule has 0 fully saturated rings. The Hall–Kier alpha value is -0.230. The van der Waals surface area contributed by atoms with E-state index in [4.69, 9.17) is 0 Å². The molecule has 1 heterocycles. The van der Waals surface area contributed by atoms with E-state index in [0.29, 0.717) is 9.04 Å². The number of rotatable bonds is 1. The molecule has 0 N–H and O–H groups in total. The molecule has 0 aromatic carbocycles. The summed E-state index contributed by atoms with van der Waals surface area (Å²) in [6.45, 7) is -2.81. The van der Waals surface area contributed by atoms with Crippen LogP contribution in [-0.4, -0.2) is 4.57 Å². The minimum Gasteiger partial charge on any atom is -0.268 e. The lowest BCUT2D eigenvalue weighted by molar-refractivity contribution is 0.0659. The summed E-state index contributed by atoms with van der Waals surface area (Å²) in [4.78, 5) is 11.0. The Labute approximate surface area is 83.5 Å². The third-order valence-electron chi connectivity index (χ3n) is 1.18. The Balaban J connectivity index is 3.38. The van der Waals surface area contributed by atoms with Gasteiger partial charge in [0, 0.05) is 10.7 Å². The summed E-state index contributed by atoms with van der Waals surface area (Å²) in [5.41, 5.74) is -0.742. The van der Waals surface area contributed by atoms with E-state index in [1.165, 1.54) is 6.07 Å². The van der Waals surface area contributed by atoms with Crippen LogP contribution < -0.4 is 5.56 Å². The van der Waals surface area contributed by atoms with Gasteiger partial charge in [0.2, 0.25) is 0 Å². The van der Waals surface area contributed by atoms with Gasteiger partial charge in [0.1, 0.15) is 0 Å². The third kappa shape index (κ3) is 1.92. The van der Waals surface area contributed by atoms with Gasteiger partial charge in [0.05, 0.1) is 4.47 Å². The van der Waals surface area contributed by atoms with Crippen molar-refractivity contribution in [2.75, 3.05) is 0 Å². The predicted molar refractivity (Wildman–Crippen MR) is 47.4 cm³/mol. The van der Waals surface area contributed by atoms with Crippen molar-refractivity contribution in [3.8, 4) is 0 Å². The Morgan fingerprint density at radius 1 is 1.42 bits per heavy atom. The maximum atomic E-state index is 12.1. The molecular formula is C6H3Br2F2NO. The lowest BCUT2D eigenvalue weighted by atomic mass is 10.5. The van der Waals surface area contributed by atoms with Crippen LogP contribution in [0.3, 0.4) is 0 Å².